The first-order valence-electron chi connectivity index (χ1n) is 18.8. The first-order chi connectivity index (χ1) is 28.8. The fraction of sp³-hybridized carbons (Fsp3) is 0.359. The van der Waals surface area contributed by atoms with E-state index in [9.17, 15) is 46.7 Å². The molecule has 61 heavy (non-hydrogen) atoms. The molecule has 4 aromatic rings. The average molecular weight is 850 g/mol. The third-order valence-corrected chi connectivity index (χ3v) is 9.54. The van der Waals surface area contributed by atoms with Crippen LogP contribution in [-0.2, 0) is 36.8 Å². The maximum Gasteiger partial charge on any atom is 0.471 e. The number of nitrogen functional groups attached to an aromatic ring is 2. The monoisotopic (exact) mass is 849 g/mol. The van der Waals surface area contributed by atoms with Crippen LogP contribution in [0.25, 0.3) is 11.2 Å². The van der Waals surface area contributed by atoms with Crippen molar-refractivity contribution in [3.05, 3.63) is 76.6 Å². The van der Waals surface area contributed by atoms with Crippen molar-refractivity contribution in [2.75, 3.05) is 30.4 Å². The zero-order valence-electron chi connectivity index (χ0n) is 33.3. The summed E-state index contributed by atoms with van der Waals surface area (Å²) in [6.07, 6.45) is -2.51. The van der Waals surface area contributed by atoms with E-state index in [-0.39, 0.29) is 59.2 Å². The Hall–Kier alpha value is -7.26. The Labute approximate surface area is 345 Å². The second-order valence-electron chi connectivity index (χ2n) is 14.3. The van der Waals surface area contributed by atoms with Gasteiger partial charge in [-0.1, -0.05) is 26.0 Å². The van der Waals surface area contributed by atoms with Gasteiger partial charge in [0.2, 0.25) is 17.8 Å². The molecule has 0 unspecified atom stereocenters. The lowest BCUT2D eigenvalue weighted by molar-refractivity contribution is -0.175. The second kappa shape index (κ2) is 18.8. The first-order valence-corrected chi connectivity index (χ1v) is 18.8. The Morgan fingerprint density at radius 1 is 0.852 bits per heavy atom. The molecule has 3 atom stereocenters. The third kappa shape index (κ3) is 10.9. The number of anilines is 3. The number of methoxy groups -OCH3 is 1. The Balaban J connectivity index is 1.13. The van der Waals surface area contributed by atoms with Crippen molar-refractivity contribution in [3.8, 4) is 0 Å². The number of aryl methyl sites for hydroxylation is 2. The van der Waals surface area contributed by atoms with Gasteiger partial charge in [-0.3, -0.25) is 33.7 Å². The normalized spacial score (nSPS) is 13.9. The van der Waals surface area contributed by atoms with Gasteiger partial charge in [0.15, 0.2) is 17.0 Å². The molecule has 5 rings (SSSR count). The van der Waals surface area contributed by atoms with Crippen LogP contribution in [0.2, 0.25) is 0 Å². The number of esters is 1. The number of hydrogen-bond donors (Lipinski definition) is 6. The number of alkyl halides is 3. The molecule has 0 radical (unpaired) electrons. The maximum absolute atomic E-state index is 13.3. The average Bonchev–Trinajstić information content (AvgIpc) is 3.44. The zero-order chi connectivity index (χ0) is 44.8. The quantitative estimate of drug-likeness (QED) is 0.0694. The van der Waals surface area contributed by atoms with Gasteiger partial charge < -0.3 is 37.5 Å². The largest absolute Gasteiger partial charge is 0.471 e. The number of aromatic nitrogens is 4. The summed E-state index contributed by atoms with van der Waals surface area (Å²) in [6, 6.07) is 6.62. The molecular formula is C39H42F3N11O8. The summed E-state index contributed by atoms with van der Waals surface area (Å²) < 4.78 is 43.2. The molecule has 2 aromatic heterocycles. The van der Waals surface area contributed by atoms with Gasteiger partial charge in [0.25, 0.3) is 17.7 Å². The van der Waals surface area contributed by atoms with Crippen molar-refractivity contribution in [2.24, 2.45) is 5.92 Å². The molecule has 22 heteroatoms. The number of hydrogen-bond acceptors (Lipinski definition) is 14. The number of imide groups is 1. The van der Waals surface area contributed by atoms with E-state index in [0.29, 0.717) is 24.1 Å². The van der Waals surface area contributed by atoms with Crippen LogP contribution < -0.4 is 32.7 Å². The molecule has 2 aromatic carbocycles. The number of rotatable bonds is 16. The summed E-state index contributed by atoms with van der Waals surface area (Å²) in [5.74, 6) is -7.41. The summed E-state index contributed by atoms with van der Waals surface area (Å²) >= 11 is 0. The highest BCUT2D eigenvalue weighted by Crippen LogP contribution is 2.27. The van der Waals surface area contributed by atoms with E-state index in [1.807, 2.05) is 0 Å². The summed E-state index contributed by atoms with van der Waals surface area (Å²) in [4.78, 5) is 107. The number of amides is 6. The van der Waals surface area contributed by atoms with Crippen LogP contribution in [-0.4, -0.2) is 104 Å². The van der Waals surface area contributed by atoms with E-state index in [4.69, 9.17) is 16.2 Å². The first kappa shape index (κ1) is 44.8. The van der Waals surface area contributed by atoms with Gasteiger partial charge in [0.05, 0.1) is 30.1 Å². The van der Waals surface area contributed by atoms with Crippen molar-refractivity contribution < 1.29 is 51.5 Å². The number of fused-ring (bicyclic) bond motifs is 2. The lowest BCUT2D eigenvalue weighted by Gasteiger charge is -2.24. The molecule has 322 valence electrons. The van der Waals surface area contributed by atoms with Gasteiger partial charge in [-0.2, -0.15) is 23.1 Å². The van der Waals surface area contributed by atoms with Crippen LogP contribution in [0.4, 0.5) is 30.6 Å². The van der Waals surface area contributed by atoms with E-state index < -0.39 is 71.6 Å². The highest BCUT2D eigenvalue weighted by Gasteiger charge is 2.42. The molecular weight excluding hydrogens is 807 g/mol. The number of ether oxygens (including phenoxy) is 1. The number of nitrogens with two attached hydrogens (primary N) is 2. The molecule has 6 amide bonds. The van der Waals surface area contributed by atoms with E-state index in [1.165, 1.54) is 39.0 Å². The lowest BCUT2D eigenvalue weighted by Crippen LogP contribution is -2.55. The fourth-order valence-corrected chi connectivity index (χ4v) is 6.23. The summed E-state index contributed by atoms with van der Waals surface area (Å²) in [6.45, 7) is 3.95. The van der Waals surface area contributed by atoms with Gasteiger partial charge in [-0.05, 0) is 74.4 Å². The van der Waals surface area contributed by atoms with E-state index >= 15 is 0 Å². The molecule has 0 aliphatic carbocycles. The van der Waals surface area contributed by atoms with Crippen molar-refractivity contribution >= 4 is 70.0 Å². The SMILES string of the molecule is COC(=O)[C@H](CCCN1C(=O)c2ccc(NC(=O)[C@H](C)NC(=O)[C@@H](NC(=O)C(F)(F)F)C(C)C)cc2C1=O)NC(=O)c1ccc(CCc2cnc3nc(N)nc(N)c3n2)cc1. The van der Waals surface area contributed by atoms with Crippen molar-refractivity contribution in [2.45, 2.75) is 70.8 Å². The Kier molecular flexibility index (Phi) is 13.8. The highest BCUT2D eigenvalue weighted by molar-refractivity contribution is 6.22. The minimum atomic E-state index is -5.22. The van der Waals surface area contributed by atoms with Crippen LogP contribution in [0.3, 0.4) is 0 Å². The second-order valence-corrected chi connectivity index (χ2v) is 14.3. The summed E-state index contributed by atoms with van der Waals surface area (Å²) in [5, 5.41) is 9.01. The molecule has 19 nitrogen and oxygen atoms in total. The molecule has 0 saturated heterocycles. The van der Waals surface area contributed by atoms with Crippen molar-refractivity contribution in [3.63, 3.8) is 0 Å². The predicted octanol–water partition coefficient (Wildman–Crippen LogP) is 1.86. The molecule has 0 spiro atoms. The number of benzene rings is 2. The Bertz CT molecular complexity index is 2380. The van der Waals surface area contributed by atoms with Gasteiger partial charge in [0, 0.05) is 17.8 Å². The molecule has 0 saturated carbocycles. The maximum atomic E-state index is 13.3. The van der Waals surface area contributed by atoms with Gasteiger partial charge in [-0.15, -0.1) is 0 Å². The van der Waals surface area contributed by atoms with Crippen LogP contribution in [0.1, 0.15) is 75.9 Å². The number of carbonyl (C=O) groups is 7. The van der Waals surface area contributed by atoms with Crippen LogP contribution >= 0.6 is 0 Å². The van der Waals surface area contributed by atoms with Crippen LogP contribution in [0.5, 0.6) is 0 Å². The molecule has 0 fully saturated rings. The minimum Gasteiger partial charge on any atom is -0.467 e. The van der Waals surface area contributed by atoms with Crippen LogP contribution in [0.15, 0.2) is 48.7 Å². The van der Waals surface area contributed by atoms with Gasteiger partial charge in [-0.25, -0.2) is 14.8 Å². The van der Waals surface area contributed by atoms with E-state index in [0.717, 1.165) is 17.6 Å². The number of carbonyl (C=O) groups excluding carboxylic acids is 7. The number of halogens is 3. The standard InChI is InChI=1S/C39H42F3N11O8/c1-18(2)27(50-37(60)39(40,41)42)33(56)46-19(3)31(54)48-22-13-14-24-25(16-22)35(58)53(34(24)57)15-5-6-26(36(59)61-4)49-32(55)21-10-7-20(8-11-21)9-12-23-17-45-30-28(47-23)29(43)51-38(44)52-30/h7-8,10-11,13-14,16-19,26-27H,5-6,9,12,15H2,1-4H3,(H,46,56)(H,48,54)(H,49,55)(H,50,60)(H4,43,44,45,51,52)/t19-,26-,27-/m0/s1. The van der Waals surface area contributed by atoms with Crippen molar-refractivity contribution in [1.29, 1.82) is 0 Å². The Morgan fingerprint density at radius 3 is 2.20 bits per heavy atom. The predicted molar refractivity (Wildman–Crippen MR) is 211 cm³/mol. The lowest BCUT2D eigenvalue weighted by atomic mass is 10.0. The van der Waals surface area contributed by atoms with Gasteiger partial charge in [0.1, 0.15) is 18.1 Å². The van der Waals surface area contributed by atoms with Crippen LogP contribution in [0, 0.1) is 5.92 Å². The molecule has 0 bridgehead atoms. The molecule has 8 N–H and O–H groups in total. The summed E-state index contributed by atoms with van der Waals surface area (Å²) in [5.41, 5.74) is 14.0. The smallest absolute Gasteiger partial charge is 0.467 e. The van der Waals surface area contributed by atoms with E-state index in [2.05, 4.69) is 35.9 Å². The fourth-order valence-electron chi connectivity index (χ4n) is 6.23. The molecule has 1 aliphatic rings. The molecule has 3 heterocycles. The van der Waals surface area contributed by atoms with Crippen molar-refractivity contribution in [1.82, 2.24) is 40.8 Å². The highest BCUT2D eigenvalue weighted by atomic mass is 19.4. The minimum absolute atomic E-state index is 0.00130. The van der Waals surface area contributed by atoms with E-state index in [1.54, 1.807) is 35.8 Å². The Morgan fingerprint density at radius 2 is 1.54 bits per heavy atom. The number of nitrogens with zero attached hydrogens (tertiary/aromatic N) is 5. The third-order valence-electron chi connectivity index (χ3n) is 9.54. The summed E-state index contributed by atoms with van der Waals surface area (Å²) in [7, 11) is 1.16. The topological polar surface area (TPSA) is 284 Å². The zero-order valence-corrected chi connectivity index (χ0v) is 33.3. The molecule has 1 aliphatic heterocycles. The van der Waals surface area contributed by atoms with Gasteiger partial charge >= 0.3 is 18.1 Å². The number of nitrogens with one attached hydrogen (secondary N) is 4.